The molecular weight excluding hydrogens is 313 g/mol. The van der Waals surface area contributed by atoms with Crippen LogP contribution in [0.3, 0.4) is 0 Å². The largest absolute Gasteiger partial charge is 0.397 e. The molecule has 0 saturated carbocycles. The van der Waals surface area contributed by atoms with Crippen LogP contribution in [-0.2, 0) is 4.79 Å². The van der Waals surface area contributed by atoms with Crippen molar-refractivity contribution in [1.82, 2.24) is 4.98 Å². The number of carbonyl (C=O) groups excluding carboxylic acids is 1. The molecule has 1 unspecified atom stereocenters. The van der Waals surface area contributed by atoms with Crippen molar-refractivity contribution >= 4 is 40.6 Å². The number of pyridine rings is 1. The van der Waals surface area contributed by atoms with Crippen molar-refractivity contribution in [3.63, 3.8) is 0 Å². The van der Waals surface area contributed by atoms with Gasteiger partial charge in [0.05, 0.1) is 21.6 Å². The number of hydrogen-bond acceptors (Lipinski definition) is 4. The van der Waals surface area contributed by atoms with Gasteiger partial charge in [0, 0.05) is 6.20 Å². The van der Waals surface area contributed by atoms with E-state index < -0.39 is 11.1 Å². The summed E-state index contributed by atoms with van der Waals surface area (Å²) in [6, 6.07) is 7.24. The average molecular weight is 326 g/mol. The summed E-state index contributed by atoms with van der Waals surface area (Å²) >= 11 is 7.24. The molecule has 0 bridgehead atoms. The first-order valence-electron chi connectivity index (χ1n) is 6.10. The number of nitrogens with zero attached hydrogens (tertiary/aromatic N) is 1. The summed E-state index contributed by atoms with van der Waals surface area (Å²) in [5.74, 6) is -0.715. The standard InChI is InChI=1S/C14H13ClFN3OS/c1-8(21-14-10(15)3-2-6-18-14)13(20)19-12-5-4-9(16)7-11(12)17/h2-8H,17H2,1H3,(H,19,20). The third-order valence-corrected chi connectivity index (χ3v) is 4.19. The first kappa shape index (κ1) is 15.6. The fourth-order valence-corrected chi connectivity index (χ4v) is 2.62. The van der Waals surface area contributed by atoms with Crippen LogP contribution in [0.2, 0.25) is 5.02 Å². The molecule has 0 aliphatic carbocycles. The van der Waals surface area contributed by atoms with Gasteiger partial charge in [-0.2, -0.15) is 0 Å². The van der Waals surface area contributed by atoms with Crippen molar-refractivity contribution in [2.24, 2.45) is 0 Å². The molecule has 7 heteroatoms. The van der Waals surface area contributed by atoms with Crippen LogP contribution in [0.1, 0.15) is 6.92 Å². The number of nitrogens with one attached hydrogen (secondary N) is 1. The molecule has 110 valence electrons. The number of halogens is 2. The number of rotatable bonds is 4. The summed E-state index contributed by atoms with van der Waals surface area (Å²) < 4.78 is 13.0. The van der Waals surface area contributed by atoms with E-state index in [1.54, 1.807) is 25.3 Å². The smallest absolute Gasteiger partial charge is 0.237 e. The second kappa shape index (κ2) is 6.78. The zero-order valence-corrected chi connectivity index (χ0v) is 12.7. The Balaban J connectivity index is 2.04. The van der Waals surface area contributed by atoms with Gasteiger partial charge < -0.3 is 11.1 Å². The molecule has 0 aliphatic rings. The van der Waals surface area contributed by atoms with Crippen LogP contribution in [0.5, 0.6) is 0 Å². The predicted octanol–water partition coefficient (Wildman–Crippen LogP) is 3.58. The van der Waals surface area contributed by atoms with Gasteiger partial charge >= 0.3 is 0 Å². The Labute approximate surface area is 130 Å². The Morgan fingerprint density at radius 2 is 2.24 bits per heavy atom. The molecule has 0 aliphatic heterocycles. The van der Waals surface area contributed by atoms with Crippen LogP contribution in [0.25, 0.3) is 0 Å². The summed E-state index contributed by atoms with van der Waals surface area (Å²) in [5, 5.41) is 3.29. The second-order valence-electron chi connectivity index (χ2n) is 4.27. The van der Waals surface area contributed by atoms with Gasteiger partial charge in [-0.15, -0.1) is 0 Å². The minimum atomic E-state index is -0.451. The van der Waals surface area contributed by atoms with Crippen molar-refractivity contribution in [2.75, 3.05) is 11.1 Å². The Kier molecular flexibility index (Phi) is 5.03. The number of amides is 1. The lowest BCUT2D eigenvalue weighted by atomic mass is 10.2. The maximum absolute atomic E-state index is 13.0. The highest BCUT2D eigenvalue weighted by atomic mass is 35.5. The number of thioether (sulfide) groups is 1. The third kappa shape index (κ3) is 4.09. The number of aromatic nitrogens is 1. The highest BCUT2D eigenvalue weighted by molar-refractivity contribution is 8.00. The fourth-order valence-electron chi connectivity index (χ4n) is 1.56. The maximum Gasteiger partial charge on any atom is 0.237 e. The van der Waals surface area contributed by atoms with Gasteiger partial charge in [0.2, 0.25) is 5.91 Å². The number of nitrogen functional groups attached to an aromatic ring is 1. The Bertz CT molecular complexity index is 668. The van der Waals surface area contributed by atoms with Crippen LogP contribution in [-0.4, -0.2) is 16.1 Å². The third-order valence-electron chi connectivity index (χ3n) is 2.65. The lowest BCUT2D eigenvalue weighted by Gasteiger charge is -2.13. The van der Waals surface area contributed by atoms with E-state index in [9.17, 15) is 9.18 Å². The monoisotopic (exact) mass is 325 g/mol. The van der Waals surface area contributed by atoms with Crippen LogP contribution in [0, 0.1) is 5.82 Å². The predicted molar refractivity (Wildman–Crippen MR) is 84.0 cm³/mol. The van der Waals surface area contributed by atoms with E-state index >= 15 is 0 Å². The molecule has 0 spiro atoms. The number of carbonyl (C=O) groups is 1. The number of benzene rings is 1. The average Bonchev–Trinajstić information content (AvgIpc) is 2.44. The molecule has 1 aromatic carbocycles. The molecule has 1 atom stereocenters. The fraction of sp³-hybridized carbons (Fsp3) is 0.143. The Morgan fingerprint density at radius 1 is 1.48 bits per heavy atom. The topological polar surface area (TPSA) is 68.0 Å². The Hall–Kier alpha value is -1.79. The van der Waals surface area contributed by atoms with Gasteiger partial charge in [-0.05, 0) is 37.3 Å². The summed E-state index contributed by atoms with van der Waals surface area (Å²) in [6.45, 7) is 1.73. The second-order valence-corrected chi connectivity index (χ2v) is 6.01. The molecule has 0 radical (unpaired) electrons. The molecule has 1 heterocycles. The molecule has 1 amide bonds. The number of anilines is 2. The van der Waals surface area contributed by atoms with Crippen LogP contribution >= 0.6 is 23.4 Å². The normalized spacial score (nSPS) is 12.0. The minimum absolute atomic E-state index is 0.177. The Morgan fingerprint density at radius 3 is 2.90 bits per heavy atom. The van der Waals surface area contributed by atoms with E-state index in [4.69, 9.17) is 17.3 Å². The molecule has 0 fully saturated rings. The van der Waals surface area contributed by atoms with Crippen LogP contribution in [0.4, 0.5) is 15.8 Å². The number of nitrogens with two attached hydrogens (primary N) is 1. The summed E-state index contributed by atoms with van der Waals surface area (Å²) in [7, 11) is 0. The highest BCUT2D eigenvalue weighted by Gasteiger charge is 2.17. The van der Waals surface area contributed by atoms with E-state index in [1.807, 2.05) is 0 Å². The maximum atomic E-state index is 13.0. The zero-order chi connectivity index (χ0) is 15.4. The van der Waals surface area contributed by atoms with Gasteiger partial charge in [-0.25, -0.2) is 9.37 Å². The van der Waals surface area contributed by atoms with E-state index in [0.717, 1.165) is 6.07 Å². The van der Waals surface area contributed by atoms with Gasteiger partial charge in [-0.1, -0.05) is 23.4 Å². The molecule has 0 saturated heterocycles. The quantitative estimate of drug-likeness (QED) is 0.666. The van der Waals surface area contributed by atoms with Crippen molar-refractivity contribution in [1.29, 1.82) is 0 Å². The molecule has 3 N–H and O–H groups in total. The summed E-state index contributed by atoms with van der Waals surface area (Å²) in [4.78, 5) is 16.2. The lowest BCUT2D eigenvalue weighted by molar-refractivity contribution is -0.115. The molecule has 4 nitrogen and oxygen atoms in total. The van der Waals surface area contributed by atoms with Gasteiger partial charge in [0.25, 0.3) is 0 Å². The van der Waals surface area contributed by atoms with Crippen LogP contribution < -0.4 is 11.1 Å². The molecule has 2 aromatic rings. The van der Waals surface area contributed by atoms with Gasteiger partial charge in [0.15, 0.2) is 0 Å². The molecule has 21 heavy (non-hydrogen) atoms. The highest BCUT2D eigenvalue weighted by Crippen LogP contribution is 2.29. The van der Waals surface area contributed by atoms with Crippen molar-refractivity contribution in [2.45, 2.75) is 17.2 Å². The van der Waals surface area contributed by atoms with E-state index in [-0.39, 0.29) is 11.6 Å². The number of hydrogen-bond donors (Lipinski definition) is 2. The van der Waals surface area contributed by atoms with Crippen molar-refractivity contribution < 1.29 is 9.18 Å². The molecular formula is C14H13ClFN3OS. The summed E-state index contributed by atoms with van der Waals surface area (Å²) in [5.41, 5.74) is 6.20. The SMILES string of the molecule is CC(Sc1ncccc1Cl)C(=O)Nc1ccc(F)cc1N. The minimum Gasteiger partial charge on any atom is -0.397 e. The van der Waals surface area contributed by atoms with E-state index in [2.05, 4.69) is 10.3 Å². The lowest BCUT2D eigenvalue weighted by Crippen LogP contribution is -2.23. The first-order chi connectivity index (χ1) is 9.97. The van der Waals surface area contributed by atoms with Gasteiger partial charge in [0.1, 0.15) is 10.8 Å². The summed E-state index contributed by atoms with van der Waals surface area (Å²) in [6.07, 6.45) is 1.61. The molecule has 1 aromatic heterocycles. The van der Waals surface area contributed by atoms with Crippen molar-refractivity contribution in [3.8, 4) is 0 Å². The van der Waals surface area contributed by atoms with Crippen molar-refractivity contribution in [3.05, 3.63) is 47.4 Å². The first-order valence-corrected chi connectivity index (χ1v) is 7.36. The van der Waals surface area contributed by atoms with Crippen LogP contribution in [0.15, 0.2) is 41.6 Å². The van der Waals surface area contributed by atoms with E-state index in [1.165, 1.54) is 23.9 Å². The van der Waals surface area contributed by atoms with Gasteiger partial charge in [-0.3, -0.25) is 4.79 Å². The molecule has 2 rings (SSSR count). The zero-order valence-electron chi connectivity index (χ0n) is 11.1. The van der Waals surface area contributed by atoms with E-state index in [0.29, 0.717) is 15.7 Å².